The smallest absolute Gasteiger partial charge is 0.322 e. The minimum Gasteiger partial charge on any atom is -0.461 e. The van der Waals surface area contributed by atoms with Crippen molar-refractivity contribution in [3.63, 3.8) is 0 Å². The summed E-state index contributed by atoms with van der Waals surface area (Å²) < 4.78 is 5.33. The van der Waals surface area contributed by atoms with Crippen LogP contribution in [0.1, 0.15) is 131 Å². The monoisotopic (exact) mass is 534 g/mol. The Morgan fingerprint density at radius 1 is 1.03 bits per heavy atom. The van der Waals surface area contributed by atoms with Crippen molar-refractivity contribution in [2.24, 2.45) is 34.5 Å². The van der Waals surface area contributed by atoms with Crippen LogP contribution in [0.2, 0.25) is 0 Å². The van der Waals surface area contributed by atoms with Crippen LogP contribution in [0.15, 0.2) is 11.6 Å². The Bertz CT molecular complexity index is 751. The maximum atomic E-state index is 12.4. The second-order valence-electron chi connectivity index (χ2n) is 13.4. The summed E-state index contributed by atoms with van der Waals surface area (Å²) in [5, 5.41) is 0. The first-order valence-corrected chi connectivity index (χ1v) is 15.5. The number of hydrogen-bond acceptors (Lipinski definition) is 2. The third-order valence-corrected chi connectivity index (χ3v) is 11.2. The average molecular weight is 536 g/mol. The third kappa shape index (κ3) is 5.21. The summed E-state index contributed by atoms with van der Waals surface area (Å²) in [5.74, 6) is 3.48. The molecule has 0 aliphatic heterocycles. The van der Waals surface area contributed by atoms with E-state index >= 15 is 0 Å². The fraction of sp³-hybridized carbons (Fsp3) is 0.903. The van der Waals surface area contributed by atoms with Crippen molar-refractivity contribution >= 4 is 21.9 Å². The maximum absolute atomic E-state index is 12.4. The van der Waals surface area contributed by atoms with Crippen LogP contribution in [-0.2, 0) is 9.53 Å². The van der Waals surface area contributed by atoms with Crippen LogP contribution in [0.5, 0.6) is 0 Å². The van der Waals surface area contributed by atoms with Gasteiger partial charge in [-0.3, -0.25) is 4.79 Å². The van der Waals surface area contributed by atoms with Crippen LogP contribution >= 0.6 is 15.9 Å². The zero-order valence-electron chi connectivity index (χ0n) is 22.8. The molecule has 194 valence electrons. The van der Waals surface area contributed by atoms with Gasteiger partial charge in [0, 0.05) is 6.42 Å². The molecule has 2 nitrogen and oxygen atoms in total. The second kappa shape index (κ2) is 10.6. The van der Waals surface area contributed by atoms with Gasteiger partial charge in [0.2, 0.25) is 0 Å². The zero-order chi connectivity index (χ0) is 24.6. The number of rotatable bonds is 9. The summed E-state index contributed by atoms with van der Waals surface area (Å²) in [7, 11) is 0. The van der Waals surface area contributed by atoms with Gasteiger partial charge < -0.3 is 4.74 Å². The molecular weight excluding hydrogens is 484 g/mol. The molecule has 0 aromatic heterocycles. The molecule has 0 N–H and O–H groups in total. The maximum Gasteiger partial charge on any atom is 0.322 e. The summed E-state index contributed by atoms with van der Waals surface area (Å²) in [6.07, 6.45) is 22.9. The first-order chi connectivity index (χ1) is 16.1. The standard InChI is InChI=1S/C31H51BrO2/c1-6-7-8-9-10-11-12-22-14-16-26-25-15-13-23-21-24(34-28(33)29(2,3)32)17-19-31(23,5)27(25)18-20-30(22,26)4/h13,22,24-27H,6-12,14-21H2,1-5H3. The van der Waals surface area contributed by atoms with Crippen molar-refractivity contribution in [3.05, 3.63) is 11.6 Å². The van der Waals surface area contributed by atoms with Crippen molar-refractivity contribution in [2.45, 2.75) is 141 Å². The molecule has 4 aliphatic carbocycles. The predicted molar refractivity (Wildman–Crippen MR) is 146 cm³/mol. The normalized spacial score (nSPS) is 39.6. The van der Waals surface area contributed by atoms with E-state index in [1.54, 1.807) is 5.57 Å². The molecule has 0 radical (unpaired) electrons. The van der Waals surface area contributed by atoms with Gasteiger partial charge in [0.05, 0.1) is 0 Å². The highest BCUT2D eigenvalue weighted by atomic mass is 79.9. The Morgan fingerprint density at radius 2 is 1.76 bits per heavy atom. The largest absolute Gasteiger partial charge is 0.461 e. The van der Waals surface area contributed by atoms with Crippen molar-refractivity contribution < 1.29 is 9.53 Å². The summed E-state index contributed by atoms with van der Waals surface area (Å²) in [6.45, 7) is 11.3. The molecule has 34 heavy (non-hydrogen) atoms. The van der Waals surface area contributed by atoms with Crippen LogP contribution in [0, 0.1) is 34.5 Å². The molecule has 0 amide bonds. The van der Waals surface area contributed by atoms with Crippen molar-refractivity contribution in [1.82, 2.24) is 0 Å². The summed E-state index contributed by atoms with van der Waals surface area (Å²) in [4.78, 5) is 12.4. The highest BCUT2D eigenvalue weighted by Gasteiger charge is 2.58. The number of ether oxygens (including phenoxy) is 1. The lowest BCUT2D eigenvalue weighted by atomic mass is 9.47. The molecule has 7 unspecified atom stereocenters. The van der Waals surface area contributed by atoms with Crippen LogP contribution < -0.4 is 0 Å². The summed E-state index contributed by atoms with van der Waals surface area (Å²) in [5.41, 5.74) is 2.52. The van der Waals surface area contributed by atoms with Crippen molar-refractivity contribution in [3.8, 4) is 0 Å². The molecule has 0 saturated heterocycles. The lowest BCUT2D eigenvalue weighted by Crippen LogP contribution is -2.50. The zero-order valence-corrected chi connectivity index (χ0v) is 24.4. The van der Waals surface area contributed by atoms with Crippen LogP contribution in [-0.4, -0.2) is 16.4 Å². The Hall–Kier alpha value is -0.310. The van der Waals surface area contributed by atoms with E-state index in [-0.39, 0.29) is 12.1 Å². The fourth-order valence-electron chi connectivity index (χ4n) is 8.77. The molecule has 0 heterocycles. The Morgan fingerprint density at radius 3 is 2.50 bits per heavy atom. The summed E-state index contributed by atoms with van der Waals surface area (Å²) in [6, 6.07) is 0. The quantitative estimate of drug-likeness (QED) is 0.127. The van der Waals surface area contributed by atoms with Gasteiger partial charge in [0.15, 0.2) is 0 Å². The second-order valence-corrected chi connectivity index (χ2v) is 15.4. The van der Waals surface area contributed by atoms with Gasteiger partial charge in [0.25, 0.3) is 0 Å². The topological polar surface area (TPSA) is 26.3 Å². The lowest BCUT2D eigenvalue weighted by Gasteiger charge is -2.58. The van der Waals surface area contributed by atoms with E-state index in [4.69, 9.17) is 4.74 Å². The van der Waals surface area contributed by atoms with E-state index in [2.05, 4.69) is 42.8 Å². The number of carbonyl (C=O) groups excluding carboxylic acids is 1. The van der Waals surface area contributed by atoms with Gasteiger partial charge in [-0.05, 0) is 99.7 Å². The Balaban J connectivity index is 1.38. The molecule has 3 saturated carbocycles. The molecule has 3 fully saturated rings. The third-order valence-electron chi connectivity index (χ3n) is 10.9. The minimum atomic E-state index is -0.595. The van der Waals surface area contributed by atoms with Crippen LogP contribution in [0.3, 0.4) is 0 Å². The van der Waals surface area contributed by atoms with Gasteiger partial charge in [0.1, 0.15) is 10.4 Å². The molecule has 0 bridgehead atoms. The number of allylic oxidation sites excluding steroid dienone is 1. The van der Waals surface area contributed by atoms with Gasteiger partial charge in [-0.15, -0.1) is 0 Å². The first kappa shape index (κ1) is 26.7. The lowest BCUT2D eigenvalue weighted by molar-refractivity contribution is -0.153. The minimum absolute atomic E-state index is 0.0576. The van der Waals surface area contributed by atoms with Gasteiger partial charge in [-0.1, -0.05) is 86.9 Å². The molecule has 0 aromatic rings. The van der Waals surface area contributed by atoms with E-state index in [0.29, 0.717) is 10.8 Å². The number of hydrogen-bond donors (Lipinski definition) is 0. The molecular formula is C31H51BrO2. The number of unbranched alkanes of at least 4 members (excludes halogenated alkanes) is 5. The van der Waals surface area contributed by atoms with E-state index < -0.39 is 4.32 Å². The fourth-order valence-corrected chi connectivity index (χ4v) is 8.87. The van der Waals surface area contributed by atoms with Crippen molar-refractivity contribution in [1.29, 1.82) is 0 Å². The summed E-state index contributed by atoms with van der Waals surface area (Å²) >= 11 is 3.47. The highest BCUT2D eigenvalue weighted by molar-refractivity contribution is 9.10. The highest BCUT2D eigenvalue weighted by Crippen LogP contribution is 2.66. The Labute approximate surface area is 218 Å². The Kier molecular flexibility index (Phi) is 8.33. The molecule has 3 heteroatoms. The van der Waals surface area contributed by atoms with E-state index in [1.165, 1.54) is 83.5 Å². The number of carbonyl (C=O) groups is 1. The molecule has 4 aliphatic rings. The average Bonchev–Trinajstić information content (AvgIpc) is 3.12. The van der Waals surface area contributed by atoms with Crippen LogP contribution in [0.25, 0.3) is 0 Å². The number of esters is 1. The molecule has 0 spiro atoms. The number of fused-ring (bicyclic) bond motifs is 5. The van der Waals surface area contributed by atoms with Gasteiger partial charge in [-0.2, -0.15) is 0 Å². The molecule has 4 rings (SSSR count). The molecule has 0 aromatic carbocycles. The first-order valence-electron chi connectivity index (χ1n) is 14.7. The van der Waals surface area contributed by atoms with E-state index in [1.807, 2.05) is 13.8 Å². The number of halogens is 1. The van der Waals surface area contributed by atoms with Crippen molar-refractivity contribution in [2.75, 3.05) is 0 Å². The van der Waals surface area contributed by atoms with E-state index in [9.17, 15) is 4.79 Å². The molecule has 7 atom stereocenters. The van der Waals surface area contributed by atoms with E-state index in [0.717, 1.165) is 36.5 Å². The predicted octanol–water partition coefficient (Wildman–Crippen LogP) is 9.40. The van der Waals surface area contributed by atoms with Gasteiger partial charge >= 0.3 is 5.97 Å². The van der Waals surface area contributed by atoms with Gasteiger partial charge in [-0.25, -0.2) is 0 Å². The van der Waals surface area contributed by atoms with Crippen LogP contribution in [0.4, 0.5) is 0 Å². The number of alkyl halides is 1. The SMILES string of the molecule is CCCCCCCCC1CCC2C3CC=C4CC(OC(=O)C(C)(C)Br)CCC4(C)C3CCC12C.